The number of carbonyl (C=O) groups is 2. The standard InChI is InChI=1S/C13H11F3N2O2/c14-13(15,16)8-17-11(20)6-18-5-4-9-2-1-3-10(7-19)12(9)18/h1-5,7H,6,8H2,(H,17,20). The fourth-order valence-corrected chi connectivity index (χ4v) is 1.93. The Kier molecular flexibility index (Phi) is 3.78. The second kappa shape index (κ2) is 5.36. The summed E-state index contributed by atoms with van der Waals surface area (Å²) >= 11 is 0. The number of fused-ring (bicyclic) bond motifs is 1. The fourth-order valence-electron chi connectivity index (χ4n) is 1.93. The summed E-state index contributed by atoms with van der Waals surface area (Å²) in [5.41, 5.74) is 0.917. The highest BCUT2D eigenvalue weighted by atomic mass is 19.4. The molecule has 0 atom stereocenters. The SMILES string of the molecule is O=Cc1cccc2ccn(CC(=O)NCC(F)(F)F)c12. The number of nitrogens with zero attached hydrogens (tertiary/aromatic N) is 1. The summed E-state index contributed by atoms with van der Waals surface area (Å²) in [5, 5.41) is 2.54. The van der Waals surface area contributed by atoms with Gasteiger partial charge in [-0.25, -0.2) is 0 Å². The maximum atomic E-state index is 12.0. The molecule has 0 unspecified atom stereocenters. The highest BCUT2D eigenvalue weighted by Gasteiger charge is 2.27. The third-order valence-corrected chi connectivity index (χ3v) is 2.75. The minimum atomic E-state index is -4.44. The fraction of sp³-hybridized carbons (Fsp3) is 0.231. The maximum Gasteiger partial charge on any atom is 0.405 e. The number of hydrogen-bond donors (Lipinski definition) is 1. The van der Waals surface area contributed by atoms with Gasteiger partial charge in [0.1, 0.15) is 13.1 Å². The average Bonchev–Trinajstić information content (AvgIpc) is 2.79. The monoisotopic (exact) mass is 284 g/mol. The van der Waals surface area contributed by atoms with E-state index in [4.69, 9.17) is 0 Å². The summed E-state index contributed by atoms with van der Waals surface area (Å²) in [6, 6.07) is 6.73. The molecule has 7 heteroatoms. The third-order valence-electron chi connectivity index (χ3n) is 2.75. The summed E-state index contributed by atoms with van der Waals surface area (Å²) in [6.07, 6.45) is -2.24. The van der Waals surface area contributed by atoms with Gasteiger partial charge in [0.25, 0.3) is 0 Å². The van der Waals surface area contributed by atoms with Gasteiger partial charge in [-0.05, 0) is 12.1 Å². The molecule has 1 heterocycles. The molecule has 0 spiro atoms. The Morgan fingerprint density at radius 3 is 2.70 bits per heavy atom. The summed E-state index contributed by atoms with van der Waals surface area (Å²) in [4.78, 5) is 22.4. The lowest BCUT2D eigenvalue weighted by atomic mass is 10.1. The molecule has 20 heavy (non-hydrogen) atoms. The van der Waals surface area contributed by atoms with Crippen LogP contribution in [0.25, 0.3) is 10.9 Å². The lowest BCUT2D eigenvalue weighted by Crippen LogP contribution is -2.35. The van der Waals surface area contributed by atoms with Gasteiger partial charge in [-0.15, -0.1) is 0 Å². The summed E-state index contributed by atoms with van der Waals surface area (Å²) in [6.45, 7) is -1.64. The van der Waals surface area contributed by atoms with Gasteiger partial charge in [-0.1, -0.05) is 12.1 Å². The molecular weight excluding hydrogens is 273 g/mol. The van der Waals surface area contributed by atoms with Gasteiger partial charge in [-0.3, -0.25) is 9.59 Å². The van der Waals surface area contributed by atoms with Crippen molar-refractivity contribution in [1.82, 2.24) is 9.88 Å². The van der Waals surface area contributed by atoms with Gasteiger partial charge in [0.15, 0.2) is 6.29 Å². The number of hydrogen-bond acceptors (Lipinski definition) is 2. The van der Waals surface area contributed by atoms with Gasteiger partial charge in [0, 0.05) is 17.1 Å². The number of carbonyl (C=O) groups excluding carboxylic acids is 2. The van der Waals surface area contributed by atoms with E-state index in [1.54, 1.807) is 35.8 Å². The normalized spacial score (nSPS) is 11.6. The molecule has 2 rings (SSSR count). The van der Waals surface area contributed by atoms with Gasteiger partial charge >= 0.3 is 6.18 Å². The van der Waals surface area contributed by atoms with Crippen LogP contribution in [0.15, 0.2) is 30.5 Å². The van der Waals surface area contributed by atoms with Crippen LogP contribution in [0.4, 0.5) is 13.2 Å². The van der Waals surface area contributed by atoms with E-state index >= 15 is 0 Å². The topological polar surface area (TPSA) is 51.1 Å². The minimum absolute atomic E-state index is 0.273. The third kappa shape index (κ3) is 3.17. The summed E-state index contributed by atoms with van der Waals surface area (Å²) in [5.74, 6) is -0.763. The van der Waals surface area contributed by atoms with Crippen LogP contribution in [-0.4, -0.2) is 29.5 Å². The number of nitrogens with one attached hydrogen (secondary N) is 1. The Balaban J connectivity index is 2.18. The molecule has 1 N–H and O–H groups in total. The number of aromatic nitrogens is 1. The second-order valence-electron chi connectivity index (χ2n) is 4.24. The van der Waals surface area contributed by atoms with E-state index in [1.165, 1.54) is 4.57 Å². The molecule has 0 saturated carbocycles. The molecule has 1 aromatic carbocycles. The molecule has 0 fully saturated rings. The van der Waals surface area contributed by atoms with E-state index in [0.29, 0.717) is 17.4 Å². The number of para-hydroxylation sites is 1. The molecule has 1 aromatic heterocycles. The van der Waals surface area contributed by atoms with Gasteiger partial charge in [0.2, 0.25) is 5.91 Å². The van der Waals surface area contributed by atoms with Crippen molar-refractivity contribution in [2.45, 2.75) is 12.7 Å². The zero-order valence-electron chi connectivity index (χ0n) is 10.3. The first-order chi connectivity index (χ1) is 9.40. The number of amides is 1. The van der Waals surface area contributed by atoms with E-state index in [9.17, 15) is 22.8 Å². The maximum absolute atomic E-state index is 12.0. The molecule has 0 radical (unpaired) electrons. The molecule has 0 aliphatic carbocycles. The van der Waals surface area contributed by atoms with Crippen LogP contribution in [0.2, 0.25) is 0 Å². The summed E-state index contributed by atoms with van der Waals surface area (Å²) in [7, 11) is 0. The zero-order valence-corrected chi connectivity index (χ0v) is 10.3. The number of alkyl halides is 3. The molecule has 0 saturated heterocycles. The largest absolute Gasteiger partial charge is 0.405 e. The summed E-state index contributed by atoms with van der Waals surface area (Å²) < 4.78 is 37.4. The molecule has 2 aromatic rings. The van der Waals surface area contributed by atoms with Gasteiger partial charge < -0.3 is 9.88 Å². The highest BCUT2D eigenvalue weighted by molar-refractivity contribution is 5.97. The van der Waals surface area contributed by atoms with Crippen molar-refractivity contribution in [1.29, 1.82) is 0 Å². The lowest BCUT2D eigenvalue weighted by Gasteiger charge is -2.10. The van der Waals surface area contributed by atoms with Crippen molar-refractivity contribution in [2.75, 3.05) is 6.54 Å². The predicted molar refractivity (Wildman–Crippen MR) is 66.4 cm³/mol. The minimum Gasteiger partial charge on any atom is -0.345 e. The van der Waals surface area contributed by atoms with Crippen molar-refractivity contribution < 1.29 is 22.8 Å². The van der Waals surface area contributed by atoms with Crippen molar-refractivity contribution in [2.24, 2.45) is 0 Å². The van der Waals surface area contributed by atoms with E-state index < -0.39 is 18.6 Å². The van der Waals surface area contributed by atoms with Crippen molar-refractivity contribution in [3.05, 3.63) is 36.0 Å². The quantitative estimate of drug-likeness (QED) is 0.874. The van der Waals surface area contributed by atoms with Crippen molar-refractivity contribution >= 4 is 23.1 Å². The number of aldehydes is 1. The Hall–Kier alpha value is -2.31. The first-order valence-corrected chi connectivity index (χ1v) is 5.77. The Morgan fingerprint density at radius 2 is 2.05 bits per heavy atom. The molecule has 0 aliphatic rings. The van der Waals surface area contributed by atoms with Crippen LogP contribution < -0.4 is 5.32 Å². The number of rotatable bonds is 4. The predicted octanol–water partition coefficient (Wildman–Crippen LogP) is 2.13. The number of halogens is 3. The Bertz CT molecular complexity index is 647. The van der Waals surface area contributed by atoms with E-state index in [0.717, 1.165) is 5.39 Å². The van der Waals surface area contributed by atoms with E-state index in [1.807, 2.05) is 0 Å². The van der Waals surface area contributed by atoms with Crippen LogP contribution >= 0.6 is 0 Å². The molecule has 0 aliphatic heterocycles. The zero-order chi connectivity index (χ0) is 14.8. The van der Waals surface area contributed by atoms with Crippen LogP contribution in [-0.2, 0) is 11.3 Å². The Morgan fingerprint density at radius 1 is 1.30 bits per heavy atom. The van der Waals surface area contributed by atoms with Crippen molar-refractivity contribution in [3.8, 4) is 0 Å². The second-order valence-corrected chi connectivity index (χ2v) is 4.24. The van der Waals surface area contributed by atoms with E-state index in [-0.39, 0.29) is 6.54 Å². The highest BCUT2D eigenvalue weighted by Crippen LogP contribution is 2.19. The molecule has 4 nitrogen and oxygen atoms in total. The van der Waals surface area contributed by atoms with Gasteiger partial charge in [0.05, 0.1) is 5.52 Å². The first kappa shape index (κ1) is 14.1. The molecule has 0 bridgehead atoms. The van der Waals surface area contributed by atoms with Gasteiger partial charge in [-0.2, -0.15) is 13.2 Å². The molecule has 106 valence electrons. The van der Waals surface area contributed by atoms with Crippen molar-refractivity contribution in [3.63, 3.8) is 0 Å². The molecule has 1 amide bonds. The van der Waals surface area contributed by atoms with Crippen LogP contribution in [0.5, 0.6) is 0 Å². The van der Waals surface area contributed by atoms with Crippen LogP contribution in [0.3, 0.4) is 0 Å². The smallest absolute Gasteiger partial charge is 0.345 e. The first-order valence-electron chi connectivity index (χ1n) is 5.77. The average molecular weight is 284 g/mol. The van der Waals surface area contributed by atoms with E-state index in [2.05, 4.69) is 0 Å². The Labute approximate surface area is 112 Å². The molecular formula is C13H11F3N2O2. The van der Waals surface area contributed by atoms with Crippen LogP contribution in [0.1, 0.15) is 10.4 Å². The van der Waals surface area contributed by atoms with Crippen LogP contribution in [0, 0.1) is 0 Å². The number of benzene rings is 1. The lowest BCUT2D eigenvalue weighted by molar-refractivity contribution is -0.138.